The van der Waals surface area contributed by atoms with Gasteiger partial charge in [-0.1, -0.05) is 0 Å². The van der Waals surface area contributed by atoms with Crippen molar-refractivity contribution in [2.75, 3.05) is 93.3 Å². The number of hydrogen-bond acceptors (Lipinski definition) is 8. The van der Waals surface area contributed by atoms with E-state index in [1.165, 1.54) is 36.8 Å². The van der Waals surface area contributed by atoms with Gasteiger partial charge in [-0.15, -0.1) is 0 Å². The molecule has 0 aliphatic heterocycles. The van der Waals surface area contributed by atoms with Gasteiger partial charge < -0.3 is 152 Å². The second-order valence-corrected chi connectivity index (χ2v) is 19.7. The smallest absolute Gasteiger partial charge is 0.250 e. The van der Waals surface area contributed by atoms with E-state index in [2.05, 4.69) is 52.4 Å². The van der Waals surface area contributed by atoms with E-state index in [1.807, 2.05) is 48.8 Å². The van der Waals surface area contributed by atoms with Crippen LogP contribution in [0.25, 0.3) is 0 Å². The summed E-state index contributed by atoms with van der Waals surface area (Å²) < 4.78 is 69.9. The van der Waals surface area contributed by atoms with Crippen molar-refractivity contribution in [3.8, 4) is 11.5 Å². The van der Waals surface area contributed by atoms with Gasteiger partial charge in [0.25, 0.3) is 20.0 Å². The number of aryl methyl sites for hydroxylation is 2. The first kappa shape index (κ1) is 79.5. The Hall–Kier alpha value is -1.60. The van der Waals surface area contributed by atoms with Crippen LogP contribution in [0.2, 0.25) is 0 Å². The molecule has 0 saturated carbocycles. The molecule has 12 N–H and O–H groups in total. The Bertz CT molecular complexity index is 2100. The molecule has 2 aromatic heterocycles. The molecule has 0 fully saturated rings. The highest BCUT2D eigenvalue weighted by Gasteiger charge is 2.27. The Morgan fingerprint density at radius 1 is 0.537 bits per heavy atom. The fourth-order valence-electron chi connectivity index (χ4n) is 6.14. The molecule has 0 saturated heterocycles. The number of sulfonamides is 2. The lowest BCUT2D eigenvalue weighted by atomic mass is 10.1. The summed E-state index contributed by atoms with van der Waals surface area (Å²) in [6, 6.07) is 15.3. The van der Waals surface area contributed by atoms with E-state index in [4.69, 9.17) is 9.47 Å². The van der Waals surface area contributed by atoms with Crippen LogP contribution in [-0.4, -0.2) is 144 Å². The lowest BCUT2D eigenvalue weighted by molar-refractivity contribution is -0.919. The number of quaternary nitrogens is 2. The largest absolute Gasteiger partial charge is 1.00 e. The van der Waals surface area contributed by atoms with Gasteiger partial charge in [0.2, 0.25) is 0 Å². The third-order valence-electron chi connectivity index (χ3n) is 10.9. The molecular formula is C42H78I4N8O11S2. The van der Waals surface area contributed by atoms with Gasteiger partial charge >= 0.3 is 0 Å². The average Bonchev–Trinajstić information content (AvgIpc) is 3.19. The van der Waals surface area contributed by atoms with Crippen molar-refractivity contribution in [2.24, 2.45) is 14.1 Å². The zero-order valence-electron chi connectivity index (χ0n) is 41.1. The highest BCUT2D eigenvalue weighted by molar-refractivity contribution is 7.89. The lowest BCUT2D eigenvalue weighted by Gasteiger charge is -2.32. The first-order valence-corrected chi connectivity index (χ1v) is 22.4. The summed E-state index contributed by atoms with van der Waals surface area (Å²) in [6.07, 6.45) is 6.88. The van der Waals surface area contributed by atoms with Gasteiger partial charge in [0, 0.05) is 51.7 Å². The molecule has 4 rings (SSSR count). The standard InChI is InChI=1S/2C21H33N4O3S.4HI.5H2O/c2*1-8-25(6,9-2)16-17-14-18(10-11-20(17)28-7)22-19-12-13-24(5)15-21(19)29(26,27)23(3)4;;;;;;;;;/h2*10-15H,8-9,16H2,1-7H3;4*1H;5*1H2/q2*+1;;;;;;;;;/p-2. The van der Waals surface area contributed by atoms with Crippen LogP contribution in [0, 0.1) is 0 Å². The topological polar surface area (TPSA) is 283 Å². The molecule has 392 valence electrons. The molecule has 0 atom stereocenters. The normalized spacial score (nSPS) is 10.6. The van der Waals surface area contributed by atoms with Gasteiger partial charge in [0.1, 0.15) is 38.7 Å². The molecule has 4 aromatic rings. The minimum atomic E-state index is -3.59. The number of nitrogens with zero attached hydrogens (tertiary/aromatic N) is 6. The van der Waals surface area contributed by atoms with Crippen molar-refractivity contribution in [1.29, 1.82) is 0 Å². The number of anilines is 4. The first-order valence-electron chi connectivity index (χ1n) is 19.5. The second-order valence-electron chi connectivity index (χ2n) is 15.5. The minimum Gasteiger partial charge on any atom is -1.00 e. The highest BCUT2D eigenvalue weighted by Crippen LogP contribution is 2.32. The second kappa shape index (κ2) is 34.7. The number of hydrogen-bond donors (Lipinski definition) is 2. The maximum absolute atomic E-state index is 12.8. The number of aromatic nitrogens is 2. The number of ether oxygens (including phenoxy) is 2. The Kier molecular flexibility index (Phi) is 41.2. The van der Waals surface area contributed by atoms with Crippen LogP contribution in [0.1, 0.15) is 38.8 Å². The number of nitrogens with one attached hydrogen (secondary N) is 2. The van der Waals surface area contributed by atoms with Crippen LogP contribution in [-0.2, 0) is 47.2 Å². The van der Waals surface area contributed by atoms with E-state index in [0.717, 1.165) is 82.2 Å². The molecule has 0 amide bonds. The predicted octanol–water partition coefficient (Wildman–Crippen LogP) is -11.1. The lowest BCUT2D eigenvalue weighted by Crippen LogP contribution is -3.00. The van der Waals surface area contributed by atoms with Crippen LogP contribution in [0.5, 0.6) is 11.5 Å². The van der Waals surface area contributed by atoms with Crippen molar-refractivity contribution < 1.29 is 168 Å². The third kappa shape index (κ3) is 21.3. The van der Waals surface area contributed by atoms with Crippen molar-refractivity contribution in [1.82, 2.24) is 8.61 Å². The molecule has 0 bridgehead atoms. The quantitative estimate of drug-likeness (QED) is 0.0547. The van der Waals surface area contributed by atoms with Crippen molar-refractivity contribution in [3.63, 3.8) is 0 Å². The van der Waals surface area contributed by atoms with Crippen LogP contribution >= 0.6 is 0 Å². The van der Waals surface area contributed by atoms with Crippen molar-refractivity contribution in [3.05, 3.63) is 84.4 Å². The number of methoxy groups -OCH3 is 2. The molecule has 0 aliphatic rings. The van der Waals surface area contributed by atoms with Crippen LogP contribution < -0.4 is 125 Å². The van der Waals surface area contributed by atoms with Gasteiger partial charge in [0.15, 0.2) is 34.6 Å². The van der Waals surface area contributed by atoms with Gasteiger partial charge in [0.05, 0.1) is 77.0 Å². The van der Waals surface area contributed by atoms with Crippen LogP contribution in [0.4, 0.5) is 22.7 Å². The van der Waals surface area contributed by atoms with Gasteiger partial charge in [-0.25, -0.2) is 34.6 Å². The zero-order valence-corrected chi connectivity index (χ0v) is 51.4. The van der Waals surface area contributed by atoms with E-state index in [9.17, 15) is 16.8 Å². The molecule has 2 aromatic carbocycles. The molecule has 19 nitrogen and oxygen atoms in total. The van der Waals surface area contributed by atoms with Crippen LogP contribution in [0.3, 0.4) is 0 Å². The monoisotopic (exact) mass is 1440 g/mol. The van der Waals surface area contributed by atoms with E-state index in [-0.39, 0.29) is 133 Å². The molecule has 0 spiro atoms. The Morgan fingerprint density at radius 2 is 0.821 bits per heavy atom. The van der Waals surface area contributed by atoms with E-state index in [1.54, 1.807) is 62.0 Å². The number of pyridine rings is 2. The van der Waals surface area contributed by atoms with Gasteiger partial charge in [-0.05, 0) is 64.1 Å². The van der Waals surface area contributed by atoms with E-state index < -0.39 is 20.0 Å². The summed E-state index contributed by atoms with van der Waals surface area (Å²) in [5.41, 5.74) is 4.89. The zero-order chi connectivity index (χ0) is 43.6. The van der Waals surface area contributed by atoms with Crippen LogP contribution in [0.15, 0.2) is 83.1 Å². The maximum Gasteiger partial charge on any atom is 0.250 e. The van der Waals surface area contributed by atoms with Gasteiger partial charge in [-0.3, -0.25) is 0 Å². The summed E-state index contributed by atoms with van der Waals surface area (Å²) in [5, 5.41) is 6.59. The summed E-state index contributed by atoms with van der Waals surface area (Å²) >= 11 is 0. The molecule has 0 aliphatic carbocycles. The van der Waals surface area contributed by atoms with Crippen molar-refractivity contribution >= 4 is 42.8 Å². The first-order chi connectivity index (χ1) is 27.1. The summed E-state index contributed by atoms with van der Waals surface area (Å²) in [6.45, 7) is 14.4. The van der Waals surface area contributed by atoms with E-state index in [0.29, 0.717) is 11.4 Å². The van der Waals surface area contributed by atoms with E-state index >= 15 is 0 Å². The number of halogens is 4. The summed E-state index contributed by atoms with van der Waals surface area (Å²) in [5.74, 6) is 1.67. The van der Waals surface area contributed by atoms with Gasteiger partial charge in [-0.2, -0.15) is 0 Å². The molecule has 0 radical (unpaired) electrons. The Morgan fingerprint density at radius 3 is 1.06 bits per heavy atom. The SMILES string of the molecule is CC[N+](C)(CC)Cc1cc(Nc2cc[n+](C)cc2S(=O)(=O)N(C)C)ccc1OC.CC[N+](C)(CC)Cc1cc(Nc2cc[n+](C)cc2S(=O)(=O)N(C)C)ccc1OC.O.O.O.O.O.[I-].[I-].[I-].[I-]. The Labute approximate surface area is 468 Å². The summed E-state index contributed by atoms with van der Waals surface area (Å²) in [7, 11) is 10.4. The number of benzene rings is 2. The van der Waals surface area contributed by atoms with Crippen molar-refractivity contribution in [2.45, 2.75) is 50.6 Å². The predicted molar refractivity (Wildman–Crippen MR) is 250 cm³/mol. The minimum absolute atomic E-state index is 0. The number of rotatable bonds is 18. The molecule has 67 heavy (non-hydrogen) atoms. The maximum atomic E-state index is 12.8. The Balaban J connectivity index is -0.000000189. The summed E-state index contributed by atoms with van der Waals surface area (Å²) in [4.78, 5) is 0.459. The third-order valence-corrected chi connectivity index (χ3v) is 14.6. The molecule has 2 heterocycles. The molecular weight excluding hydrogens is 1360 g/mol. The molecule has 25 heteroatoms. The average molecular weight is 1440 g/mol. The highest BCUT2D eigenvalue weighted by atomic mass is 127. The fourth-order valence-corrected chi connectivity index (χ4v) is 8.32. The molecule has 0 unspecified atom stereocenters. The fraction of sp³-hybridized carbons (Fsp3) is 0.476.